The molecule has 0 N–H and O–H groups in total. The van der Waals surface area contributed by atoms with Crippen LogP contribution in [0.25, 0.3) is 0 Å². The fraction of sp³-hybridized carbons (Fsp3) is 0.467. The highest BCUT2D eigenvalue weighted by Crippen LogP contribution is 2.22. The summed E-state index contributed by atoms with van der Waals surface area (Å²) in [7, 11) is -3.72. The van der Waals surface area contributed by atoms with Crippen LogP contribution in [-0.4, -0.2) is 50.6 Å². The Kier molecular flexibility index (Phi) is 5.36. The van der Waals surface area contributed by atoms with Crippen LogP contribution in [0.1, 0.15) is 24.2 Å². The van der Waals surface area contributed by atoms with E-state index in [0.29, 0.717) is 0 Å². The van der Waals surface area contributed by atoms with Crippen LogP contribution in [0.2, 0.25) is 0 Å². The van der Waals surface area contributed by atoms with Crippen LogP contribution in [0.4, 0.5) is 0 Å². The molecule has 124 valence electrons. The summed E-state index contributed by atoms with van der Waals surface area (Å²) in [5.74, 6) is -0.729. The Hall–Kier alpha value is -1.95. The van der Waals surface area contributed by atoms with E-state index in [1.807, 2.05) is 13.8 Å². The average molecular weight is 338 g/mol. The number of benzene rings is 1. The largest absolute Gasteiger partial charge is 0.447 e. The third kappa shape index (κ3) is 4.07. The molecule has 0 amide bonds. The van der Waals surface area contributed by atoms with Crippen molar-refractivity contribution in [1.82, 2.24) is 4.31 Å². The number of carbonyl (C=O) groups is 1. The van der Waals surface area contributed by atoms with Gasteiger partial charge in [0.25, 0.3) is 0 Å². The molecule has 2 rings (SSSR count). The second-order valence-corrected chi connectivity index (χ2v) is 7.28. The molecular formula is C15H18N2O5S. The Labute approximate surface area is 135 Å². The first-order valence-electron chi connectivity index (χ1n) is 7.14. The third-order valence-corrected chi connectivity index (χ3v) is 5.19. The summed E-state index contributed by atoms with van der Waals surface area (Å²) in [4.78, 5) is 11.8. The van der Waals surface area contributed by atoms with Gasteiger partial charge in [-0.3, -0.25) is 0 Å². The number of carbonyl (C=O) groups excluding carboxylic acids is 1. The molecule has 1 saturated heterocycles. The van der Waals surface area contributed by atoms with Gasteiger partial charge in [-0.25, -0.2) is 13.2 Å². The molecule has 1 aromatic carbocycles. The van der Waals surface area contributed by atoms with Crippen LogP contribution in [0.5, 0.6) is 0 Å². The quantitative estimate of drug-likeness (QED) is 0.764. The highest BCUT2D eigenvalue weighted by atomic mass is 32.2. The Morgan fingerprint density at radius 2 is 2.04 bits per heavy atom. The smallest absolute Gasteiger partial charge is 0.339 e. The Morgan fingerprint density at radius 1 is 1.39 bits per heavy atom. The second-order valence-electron chi connectivity index (χ2n) is 5.34. The van der Waals surface area contributed by atoms with E-state index >= 15 is 0 Å². The second kappa shape index (κ2) is 7.08. The maximum absolute atomic E-state index is 12.7. The molecule has 0 aromatic heterocycles. The van der Waals surface area contributed by atoms with Gasteiger partial charge >= 0.3 is 5.97 Å². The Morgan fingerprint density at radius 3 is 2.65 bits per heavy atom. The zero-order chi connectivity index (χ0) is 17.0. The highest BCUT2D eigenvalue weighted by molar-refractivity contribution is 7.89. The molecule has 7 nitrogen and oxygen atoms in total. The first-order valence-corrected chi connectivity index (χ1v) is 8.58. The number of hydrogen-bond acceptors (Lipinski definition) is 6. The molecule has 1 heterocycles. The summed E-state index contributed by atoms with van der Waals surface area (Å²) >= 11 is 0. The minimum Gasteiger partial charge on any atom is -0.447 e. The summed E-state index contributed by atoms with van der Waals surface area (Å²) in [5.41, 5.74) is 0.0932. The van der Waals surface area contributed by atoms with Crippen LogP contribution in [0.3, 0.4) is 0 Å². The normalized spacial score (nSPS) is 22.3. The number of sulfonamides is 1. The van der Waals surface area contributed by atoms with E-state index in [1.165, 1.54) is 28.6 Å². The molecule has 0 unspecified atom stereocenters. The van der Waals surface area contributed by atoms with E-state index in [1.54, 1.807) is 6.07 Å². The van der Waals surface area contributed by atoms with Gasteiger partial charge in [-0.1, -0.05) is 6.07 Å². The van der Waals surface area contributed by atoms with E-state index in [4.69, 9.17) is 14.7 Å². The van der Waals surface area contributed by atoms with E-state index < -0.39 is 16.0 Å². The molecule has 2 atom stereocenters. The monoisotopic (exact) mass is 338 g/mol. The van der Waals surface area contributed by atoms with E-state index in [9.17, 15) is 13.2 Å². The molecule has 0 bridgehead atoms. The zero-order valence-electron chi connectivity index (χ0n) is 12.9. The zero-order valence-corrected chi connectivity index (χ0v) is 13.7. The molecule has 0 spiro atoms. The Balaban J connectivity index is 2.26. The molecule has 0 radical (unpaired) electrons. The fourth-order valence-corrected chi connectivity index (χ4v) is 4.08. The number of nitriles is 1. The number of hydrogen-bond donors (Lipinski definition) is 0. The molecule has 0 aliphatic carbocycles. The molecule has 23 heavy (non-hydrogen) atoms. The van der Waals surface area contributed by atoms with Gasteiger partial charge in [0.2, 0.25) is 10.0 Å². The van der Waals surface area contributed by atoms with Crippen molar-refractivity contribution < 1.29 is 22.7 Å². The summed E-state index contributed by atoms with van der Waals surface area (Å²) in [6, 6.07) is 7.31. The number of nitrogens with zero attached hydrogens (tertiary/aromatic N) is 2. The molecule has 1 aromatic rings. The van der Waals surface area contributed by atoms with Crippen molar-refractivity contribution in [3.63, 3.8) is 0 Å². The van der Waals surface area contributed by atoms with Crippen LogP contribution >= 0.6 is 0 Å². The lowest BCUT2D eigenvalue weighted by Gasteiger charge is -2.34. The predicted octanol–water partition coefficient (Wildman–Crippen LogP) is 1.16. The molecule has 8 heteroatoms. The lowest BCUT2D eigenvalue weighted by molar-refractivity contribution is -0.0440. The van der Waals surface area contributed by atoms with Gasteiger partial charge in [-0.15, -0.1) is 0 Å². The van der Waals surface area contributed by atoms with Crippen LogP contribution in [0.15, 0.2) is 29.2 Å². The number of morpholine rings is 1. The van der Waals surface area contributed by atoms with Gasteiger partial charge in [-0.05, 0) is 32.0 Å². The number of esters is 1. The average Bonchev–Trinajstić information content (AvgIpc) is 2.51. The molecule has 0 saturated carbocycles. The van der Waals surface area contributed by atoms with Gasteiger partial charge in [-0.2, -0.15) is 9.57 Å². The number of ether oxygens (including phenoxy) is 2. The van der Waals surface area contributed by atoms with Crippen molar-refractivity contribution in [2.45, 2.75) is 31.0 Å². The maximum Gasteiger partial charge on any atom is 0.339 e. The standard InChI is InChI=1S/C15H18N2O5S/c1-11-9-17(10-12(2)22-11)23(19,20)14-5-3-4-13(8-14)15(18)21-7-6-16/h3-5,8,11-12H,7,9-10H2,1-2H3/t11-,12-/m0/s1. The minimum absolute atomic E-state index is 0.0187. The summed E-state index contributed by atoms with van der Waals surface area (Å²) in [5, 5.41) is 8.42. The summed E-state index contributed by atoms with van der Waals surface area (Å²) < 4.78 is 37.1. The summed E-state index contributed by atoms with van der Waals surface area (Å²) in [6.45, 7) is 3.77. The van der Waals surface area contributed by atoms with Gasteiger partial charge in [0, 0.05) is 13.1 Å². The Bertz CT molecular complexity index is 716. The molecule has 1 aliphatic rings. The molecule has 1 fully saturated rings. The predicted molar refractivity (Wildman–Crippen MR) is 81.1 cm³/mol. The van der Waals surface area contributed by atoms with Gasteiger partial charge < -0.3 is 9.47 Å². The van der Waals surface area contributed by atoms with Crippen molar-refractivity contribution in [3.05, 3.63) is 29.8 Å². The lowest BCUT2D eigenvalue weighted by Crippen LogP contribution is -2.48. The minimum atomic E-state index is -3.72. The van der Waals surface area contributed by atoms with Gasteiger partial charge in [0.15, 0.2) is 6.61 Å². The number of rotatable bonds is 4. The first kappa shape index (κ1) is 17.4. The van der Waals surface area contributed by atoms with Crippen molar-refractivity contribution in [2.75, 3.05) is 19.7 Å². The molecule has 1 aliphatic heterocycles. The fourth-order valence-electron chi connectivity index (χ4n) is 2.44. The lowest BCUT2D eigenvalue weighted by atomic mass is 10.2. The van der Waals surface area contributed by atoms with Crippen molar-refractivity contribution in [1.29, 1.82) is 5.26 Å². The van der Waals surface area contributed by atoms with Crippen molar-refractivity contribution >= 4 is 16.0 Å². The van der Waals surface area contributed by atoms with Crippen LogP contribution in [0, 0.1) is 11.3 Å². The topological polar surface area (TPSA) is 96.7 Å². The van der Waals surface area contributed by atoms with Gasteiger partial charge in [0.05, 0.1) is 22.7 Å². The molecular weight excluding hydrogens is 320 g/mol. The SMILES string of the molecule is C[C@H]1CN(S(=O)(=O)c2cccc(C(=O)OCC#N)c2)C[C@H](C)O1. The summed E-state index contributed by atoms with van der Waals surface area (Å²) in [6.07, 6.45) is -0.394. The highest BCUT2D eigenvalue weighted by Gasteiger charge is 2.32. The maximum atomic E-state index is 12.7. The van der Waals surface area contributed by atoms with Crippen LogP contribution < -0.4 is 0 Å². The van der Waals surface area contributed by atoms with Crippen LogP contribution in [-0.2, 0) is 19.5 Å². The van der Waals surface area contributed by atoms with Crippen molar-refractivity contribution in [3.8, 4) is 6.07 Å². The van der Waals surface area contributed by atoms with E-state index in [0.717, 1.165) is 0 Å². The van der Waals surface area contributed by atoms with Gasteiger partial charge in [0.1, 0.15) is 6.07 Å². The van der Waals surface area contributed by atoms with E-state index in [2.05, 4.69) is 0 Å². The van der Waals surface area contributed by atoms with Crippen molar-refractivity contribution in [2.24, 2.45) is 0 Å². The van der Waals surface area contributed by atoms with E-state index in [-0.39, 0.29) is 42.4 Å². The first-order chi connectivity index (χ1) is 10.8. The third-order valence-electron chi connectivity index (χ3n) is 3.36.